The second-order valence-electron chi connectivity index (χ2n) is 11.7. The minimum atomic E-state index is -4.20. The minimum Gasteiger partial charge on any atom is -0.352 e. The van der Waals surface area contributed by atoms with Gasteiger partial charge in [-0.15, -0.1) is 0 Å². The van der Waals surface area contributed by atoms with E-state index in [1.807, 2.05) is 71.0 Å². The Hall–Kier alpha value is -3.85. The summed E-state index contributed by atoms with van der Waals surface area (Å²) in [7, 11) is -4.20. The molecule has 0 heterocycles. The highest BCUT2D eigenvalue weighted by atomic mass is 35.5. The normalized spacial score (nSPS) is 12.1. The number of rotatable bonds is 12. The average Bonchev–Trinajstić information content (AvgIpc) is 3.01. The van der Waals surface area contributed by atoms with Crippen LogP contribution in [0, 0.1) is 20.8 Å². The molecule has 2 amide bonds. The van der Waals surface area contributed by atoms with Crippen molar-refractivity contribution in [3.05, 3.63) is 129 Å². The lowest BCUT2D eigenvalue weighted by Gasteiger charge is -2.34. The predicted octanol–water partition coefficient (Wildman–Crippen LogP) is 7.28. The van der Waals surface area contributed by atoms with Gasteiger partial charge in [-0.3, -0.25) is 13.9 Å². The molecule has 7 nitrogen and oxygen atoms in total. The van der Waals surface area contributed by atoms with E-state index in [1.54, 1.807) is 42.5 Å². The summed E-state index contributed by atoms with van der Waals surface area (Å²) in [6, 6.07) is 25.1. The number of amides is 2. The topological polar surface area (TPSA) is 86.8 Å². The summed E-state index contributed by atoms with van der Waals surface area (Å²) in [6.45, 7) is 8.73. The van der Waals surface area contributed by atoms with Crippen molar-refractivity contribution in [2.24, 2.45) is 0 Å². The van der Waals surface area contributed by atoms with Gasteiger partial charge >= 0.3 is 0 Å². The van der Waals surface area contributed by atoms with Crippen molar-refractivity contribution in [2.45, 2.75) is 64.6 Å². The van der Waals surface area contributed by atoms with Gasteiger partial charge in [-0.05, 0) is 87.2 Å². The van der Waals surface area contributed by atoms with Gasteiger partial charge in [0.05, 0.1) is 20.6 Å². The molecule has 4 aromatic carbocycles. The highest BCUT2D eigenvalue weighted by Crippen LogP contribution is 2.30. The molecule has 0 spiro atoms. The van der Waals surface area contributed by atoms with Gasteiger partial charge in [0.15, 0.2) is 0 Å². The molecule has 0 aromatic heterocycles. The SMILES string of the molecule is Cc1ccc(S(=O)(=O)N(CC(=O)N(Cc2ccc(Cl)c(Cl)c2)[C@H](Cc2ccccc2)C(=O)NC(C)C)c2cccc(C)c2C)cc1. The molecule has 0 fully saturated rings. The summed E-state index contributed by atoms with van der Waals surface area (Å²) in [5, 5.41) is 3.61. The summed E-state index contributed by atoms with van der Waals surface area (Å²) >= 11 is 12.5. The maximum Gasteiger partial charge on any atom is 0.264 e. The molecule has 0 aliphatic heterocycles. The Morgan fingerprint density at radius 1 is 0.804 bits per heavy atom. The molecule has 0 aliphatic carbocycles. The van der Waals surface area contributed by atoms with Gasteiger partial charge in [0.25, 0.3) is 10.0 Å². The van der Waals surface area contributed by atoms with E-state index in [0.717, 1.165) is 26.6 Å². The number of anilines is 1. The van der Waals surface area contributed by atoms with Crippen LogP contribution in [-0.4, -0.2) is 43.8 Å². The van der Waals surface area contributed by atoms with Crippen LogP contribution < -0.4 is 9.62 Å². The van der Waals surface area contributed by atoms with Crippen molar-refractivity contribution in [3.8, 4) is 0 Å². The number of halogens is 2. The van der Waals surface area contributed by atoms with Crippen molar-refractivity contribution in [3.63, 3.8) is 0 Å². The highest BCUT2D eigenvalue weighted by molar-refractivity contribution is 7.92. The van der Waals surface area contributed by atoms with E-state index in [0.29, 0.717) is 21.3 Å². The number of nitrogens with zero attached hydrogens (tertiary/aromatic N) is 2. The van der Waals surface area contributed by atoms with Crippen LogP contribution in [-0.2, 0) is 32.6 Å². The van der Waals surface area contributed by atoms with E-state index in [4.69, 9.17) is 23.2 Å². The molecule has 1 atom stereocenters. The largest absolute Gasteiger partial charge is 0.352 e. The van der Waals surface area contributed by atoms with Gasteiger partial charge in [0.1, 0.15) is 12.6 Å². The summed E-state index contributed by atoms with van der Waals surface area (Å²) in [5.74, 6) is -0.908. The standard InChI is InChI=1S/C36H39Cl2N3O4S/c1-24(2)39-36(43)34(21-28-11-7-6-8-12-28)40(22-29-16-19-31(37)32(38)20-29)35(42)23-41(33-13-9-10-26(4)27(33)5)46(44,45)30-17-14-25(3)15-18-30/h6-20,24,34H,21-23H2,1-5H3,(H,39,43)/t34-/m1/s1. The first-order valence-corrected chi connectivity index (χ1v) is 17.2. The molecule has 4 rings (SSSR count). The Labute approximate surface area is 282 Å². The first-order chi connectivity index (χ1) is 21.8. The van der Waals surface area contributed by atoms with Gasteiger partial charge in [0.2, 0.25) is 11.8 Å². The molecule has 0 radical (unpaired) electrons. The number of nitrogens with one attached hydrogen (secondary N) is 1. The molecule has 10 heteroatoms. The molecule has 242 valence electrons. The van der Waals surface area contributed by atoms with Crippen molar-refractivity contribution in [2.75, 3.05) is 10.8 Å². The molecule has 0 saturated carbocycles. The lowest BCUT2D eigenvalue weighted by Crippen LogP contribution is -2.54. The third-order valence-electron chi connectivity index (χ3n) is 7.77. The first kappa shape index (κ1) is 35.0. The maximum absolute atomic E-state index is 14.6. The van der Waals surface area contributed by atoms with Crippen LogP contribution in [0.2, 0.25) is 10.0 Å². The fraction of sp³-hybridized carbons (Fsp3) is 0.278. The van der Waals surface area contributed by atoms with Gasteiger partial charge < -0.3 is 10.2 Å². The minimum absolute atomic E-state index is 0.00996. The fourth-order valence-electron chi connectivity index (χ4n) is 5.13. The molecule has 0 unspecified atom stereocenters. The van der Waals surface area contributed by atoms with Crippen LogP contribution in [0.15, 0.2) is 95.9 Å². The number of hydrogen-bond acceptors (Lipinski definition) is 4. The predicted molar refractivity (Wildman–Crippen MR) is 186 cm³/mol. The van der Waals surface area contributed by atoms with Crippen LogP contribution in [0.25, 0.3) is 0 Å². The van der Waals surface area contributed by atoms with Crippen molar-refractivity contribution in [1.82, 2.24) is 10.2 Å². The molecule has 4 aromatic rings. The van der Waals surface area contributed by atoms with E-state index in [1.165, 1.54) is 17.0 Å². The Kier molecular flexibility index (Phi) is 11.5. The zero-order valence-corrected chi connectivity index (χ0v) is 29.0. The lowest BCUT2D eigenvalue weighted by molar-refractivity contribution is -0.140. The smallest absolute Gasteiger partial charge is 0.264 e. The molecule has 0 bridgehead atoms. The number of carbonyl (C=O) groups excluding carboxylic acids is 2. The van der Waals surface area contributed by atoms with E-state index >= 15 is 0 Å². The van der Waals surface area contributed by atoms with Crippen LogP contribution >= 0.6 is 23.2 Å². The van der Waals surface area contributed by atoms with Crippen LogP contribution in [0.5, 0.6) is 0 Å². The molecule has 0 aliphatic rings. The van der Waals surface area contributed by atoms with Crippen molar-refractivity contribution in [1.29, 1.82) is 0 Å². The summed E-state index contributed by atoms with van der Waals surface area (Å²) in [4.78, 5) is 29.9. The Bertz CT molecular complexity index is 1800. The van der Waals surface area contributed by atoms with Crippen LogP contribution in [0.1, 0.15) is 41.7 Å². The monoisotopic (exact) mass is 679 g/mol. The number of hydrogen-bond donors (Lipinski definition) is 1. The quantitative estimate of drug-likeness (QED) is 0.171. The molecule has 1 N–H and O–H groups in total. The summed E-state index contributed by atoms with van der Waals surface area (Å²) < 4.78 is 29.7. The zero-order valence-electron chi connectivity index (χ0n) is 26.6. The first-order valence-electron chi connectivity index (χ1n) is 15.0. The van der Waals surface area contributed by atoms with Crippen molar-refractivity contribution < 1.29 is 18.0 Å². The fourth-order valence-corrected chi connectivity index (χ4v) is 6.92. The zero-order chi connectivity index (χ0) is 33.6. The third kappa shape index (κ3) is 8.49. The van der Waals surface area contributed by atoms with Crippen molar-refractivity contribution >= 4 is 50.7 Å². The Morgan fingerprint density at radius 3 is 2.11 bits per heavy atom. The average molecular weight is 681 g/mol. The number of aryl methyl sites for hydroxylation is 2. The Morgan fingerprint density at radius 2 is 1.48 bits per heavy atom. The highest BCUT2D eigenvalue weighted by Gasteiger charge is 2.35. The molecule has 0 saturated heterocycles. The third-order valence-corrected chi connectivity index (χ3v) is 10.3. The van der Waals surface area contributed by atoms with Gasteiger partial charge in [-0.2, -0.15) is 0 Å². The number of sulfonamides is 1. The number of carbonyl (C=O) groups is 2. The van der Waals surface area contributed by atoms with Gasteiger partial charge in [-0.1, -0.05) is 89.4 Å². The number of benzene rings is 4. The van der Waals surface area contributed by atoms with Crippen LogP contribution in [0.3, 0.4) is 0 Å². The maximum atomic E-state index is 14.6. The van der Waals surface area contributed by atoms with E-state index in [2.05, 4.69) is 5.32 Å². The molecule has 46 heavy (non-hydrogen) atoms. The lowest BCUT2D eigenvalue weighted by atomic mass is 10.0. The summed E-state index contributed by atoms with van der Waals surface area (Å²) in [6.07, 6.45) is 0.209. The van der Waals surface area contributed by atoms with E-state index in [-0.39, 0.29) is 29.8 Å². The van der Waals surface area contributed by atoms with Gasteiger partial charge in [-0.25, -0.2) is 8.42 Å². The van der Waals surface area contributed by atoms with Gasteiger partial charge in [0, 0.05) is 19.0 Å². The summed E-state index contributed by atoms with van der Waals surface area (Å²) in [5.41, 5.74) is 4.37. The van der Waals surface area contributed by atoms with E-state index < -0.39 is 28.5 Å². The Balaban J connectivity index is 1.85. The second kappa shape index (κ2) is 15.2. The van der Waals surface area contributed by atoms with E-state index in [9.17, 15) is 18.0 Å². The second-order valence-corrected chi connectivity index (χ2v) is 14.4. The molecular weight excluding hydrogens is 641 g/mol. The van der Waals surface area contributed by atoms with Crippen LogP contribution in [0.4, 0.5) is 5.69 Å². The molecular formula is C36H39Cl2N3O4S.